The van der Waals surface area contributed by atoms with E-state index in [1.54, 1.807) is 7.11 Å². The Kier molecular flexibility index (Phi) is 3.60. The van der Waals surface area contributed by atoms with Crippen LogP contribution in [0.3, 0.4) is 0 Å². The van der Waals surface area contributed by atoms with Crippen LogP contribution < -0.4 is 19.5 Å². The number of rotatable bonds is 3. The highest BCUT2D eigenvalue weighted by Crippen LogP contribution is 2.40. The second kappa shape index (κ2) is 6.11. The van der Waals surface area contributed by atoms with Gasteiger partial charge in [-0.25, -0.2) is 5.32 Å². The number of hydrogen-bond acceptors (Lipinski definition) is 3. The molecule has 5 nitrogen and oxygen atoms in total. The van der Waals surface area contributed by atoms with Gasteiger partial charge in [0.1, 0.15) is 5.75 Å². The minimum absolute atomic E-state index is 0.0410. The van der Waals surface area contributed by atoms with Crippen molar-refractivity contribution in [2.45, 2.75) is 18.6 Å². The predicted octanol–water partition coefficient (Wildman–Crippen LogP) is 3.67. The molecule has 3 heterocycles. The predicted molar refractivity (Wildman–Crippen MR) is 96.7 cm³/mol. The first-order chi connectivity index (χ1) is 12.8. The molecule has 2 atom stereocenters. The van der Waals surface area contributed by atoms with E-state index in [0.29, 0.717) is 0 Å². The maximum atomic E-state index is 5.59. The fraction of sp³-hybridized carbons (Fsp3) is 0.238. The summed E-state index contributed by atoms with van der Waals surface area (Å²) in [7, 11) is 1.70. The minimum Gasteiger partial charge on any atom is -0.496 e. The van der Waals surface area contributed by atoms with Crippen LogP contribution in [0.25, 0.3) is 0 Å². The highest BCUT2D eigenvalue weighted by molar-refractivity contribution is 5.46. The van der Waals surface area contributed by atoms with E-state index < -0.39 is 0 Å². The fourth-order valence-electron chi connectivity index (χ4n) is 3.78. The molecule has 0 spiro atoms. The molecule has 0 bridgehead atoms. The molecule has 0 N–H and O–H groups in total. The van der Waals surface area contributed by atoms with Crippen molar-refractivity contribution in [2.24, 2.45) is 0 Å². The first kappa shape index (κ1) is 15.3. The lowest BCUT2D eigenvalue weighted by Gasteiger charge is -2.32. The quantitative estimate of drug-likeness (QED) is 0.726. The molecule has 5 heteroatoms. The summed E-state index contributed by atoms with van der Waals surface area (Å²) in [4.78, 5) is 0. The number of hydrogen-bond donors (Lipinski definition) is 0. The van der Waals surface area contributed by atoms with Crippen molar-refractivity contribution in [1.82, 2.24) is 9.88 Å². The SMILES string of the molecule is COc1ccccc1C1[N]C(c2ccc3c(c2)OCO3)Cn2cccc21. The summed E-state index contributed by atoms with van der Waals surface area (Å²) in [6, 6.07) is 18.4. The number of nitrogens with zero attached hydrogens (tertiary/aromatic N) is 2. The molecular weight excluding hydrogens is 328 g/mol. The summed E-state index contributed by atoms with van der Waals surface area (Å²) >= 11 is 0. The molecule has 0 amide bonds. The molecule has 0 saturated heterocycles. The standard InChI is InChI=1S/C21H19N2O3/c1-24-18-7-3-2-5-15(18)21-17-6-4-10-23(17)12-16(22-21)14-8-9-19-20(11-14)26-13-25-19/h2-11,16,21H,12-13H2,1H3. The highest BCUT2D eigenvalue weighted by atomic mass is 16.7. The summed E-state index contributed by atoms with van der Waals surface area (Å²) < 4.78 is 18.8. The molecule has 2 aliphatic heterocycles. The lowest BCUT2D eigenvalue weighted by Crippen LogP contribution is -2.32. The zero-order valence-corrected chi connectivity index (χ0v) is 14.5. The van der Waals surface area contributed by atoms with Gasteiger partial charge in [0, 0.05) is 24.0 Å². The second-order valence-corrected chi connectivity index (χ2v) is 6.51. The van der Waals surface area contributed by atoms with Crippen LogP contribution in [0.1, 0.15) is 28.9 Å². The first-order valence-corrected chi connectivity index (χ1v) is 8.71. The molecule has 1 radical (unpaired) electrons. The number of aromatic nitrogens is 1. The third-order valence-corrected chi connectivity index (χ3v) is 5.06. The monoisotopic (exact) mass is 347 g/mol. The van der Waals surface area contributed by atoms with Crippen molar-refractivity contribution in [3.8, 4) is 17.2 Å². The molecule has 5 rings (SSSR count). The fourth-order valence-corrected chi connectivity index (χ4v) is 3.78. The smallest absolute Gasteiger partial charge is 0.231 e. The van der Waals surface area contributed by atoms with Crippen LogP contribution in [-0.4, -0.2) is 18.5 Å². The van der Waals surface area contributed by atoms with Gasteiger partial charge in [0.2, 0.25) is 6.79 Å². The molecule has 26 heavy (non-hydrogen) atoms. The Bertz CT molecular complexity index is 950. The van der Waals surface area contributed by atoms with Crippen molar-refractivity contribution >= 4 is 0 Å². The van der Waals surface area contributed by atoms with Crippen molar-refractivity contribution in [2.75, 3.05) is 13.9 Å². The van der Waals surface area contributed by atoms with E-state index in [0.717, 1.165) is 34.9 Å². The molecule has 2 aromatic carbocycles. The summed E-state index contributed by atoms with van der Waals surface area (Å²) in [5.74, 6) is 2.46. The number of ether oxygens (including phenoxy) is 3. The van der Waals surface area contributed by atoms with Crippen molar-refractivity contribution in [1.29, 1.82) is 0 Å². The van der Waals surface area contributed by atoms with Crippen LogP contribution in [-0.2, 0) is 6.54 Å². The molecule has 3 aromatic rings. The van der Waals surface area contributed by atoms with Gasteiger partial charge in [0.05, 0.1) is 19.2 Å². The Morgan fingerprint density at radius 1 is 1.04 bits per heavy atom. The maximum absolute atomic E-state index is 5.59. The largest absolute Gasteiger partial charge is 0.496 e. The van der Waals surface area contributed by atoms with E-state index in [2.05, 4.69) is 35.0 Å². The molecular formula is C21H19N2O3. The minimum atomic E-state index is -0.0645. The van der Waals surface area contributed by atoms with E-state index in [-0.39, 0.29) is 18.9 Å². The van der Waals surface area contributed by atoms with E-state index >= 15 is 0 Å². The number of fused-ring (bicyclic) bond motifs is 2. The highest BCUT2D eigenvalue weighted by Gasteiger charge is 2.31. The van der Waals surface area contributed by atoms with Crippen LogP contribution in [0.2, 0.25) is 0 Å². The Morgan fingerprint density at radius 2 is 1.92 bits per heavy atom. The van der Waals surface area contributed by atoms with E-state index in [1.807, 2.05) is 30.3 Å². The van der Waals surface area contributed by atoms with Crippen LogP contribution >= 0.6 is 0 Å². The Hall–Kier alpha value is -2.92. The Balaban J connectivity index is 1.55. The van der Waals surface area contributed by atoms with Gasteiger partial charge in [-0.1, -0.05) is 24.3 Å². The van der Waals surface area contributed by atoms with Gasteiger partial charge in [0.15, 0.2) is 11.5 Å². The number of para-hydroxylation sites is 1. The van der Waals surface area contributed by atoms with Gasteiger partial charge in [-0.2, -0.15) is 0 Å². The van der Waals surface area contributed by atoms with Crippen molar-refractivity contribution in [3.63, 3.8) is 0 Å². The lowest BCUT2D eigenvalue weighted by molar-refractivity contribution is 0.174. The molecule has 0 fully saturated rings. The van der Waals surface area contributed by atoms with Crippen LogP contribution in [0, 0.1) is 0 Å². The molecule has 131 valence electrons. The topological polar surface area (TPSA) is 46.7 Å². The number of benzene rings is 2. The van der Waals surface area contributed by atoms with Gasteiger partial charge in [-0.05, 0) is 35.9 Å². The van der Waals surface area contributed by atoms with Gasteiger partial charge >= 0.3 is 0 Å². The summed E-state index contributed by atoms with van der Waals surface area (Å²) in [5.41, 5.74) is 3.40. The maximum Gasteiger partial charge on any atom is 0.231 e. The first-order valence-electron chi connectivity index (χ1n) is 8.71. The Labute approximate surface area is 152 Å². The van der Waals surface area contributed by atoms with Gasteiger partial charge in [0.25, 0.3) is 0 Å². The third-order valence-electron chi connectivity index (χ3n) is 5.06. The number of methoxy groups -OCH3 is 1. The Morgan fingerprint density at radius 3 is 2.85 bits per heavy atom. The van der Waals surface area contributed by atoms with Crippen LogP contribution in [0.4, 0.5) is 0 Å². The average molecular weight is 347 g/mol. The van der Waals surface area contributed by atoms with Gasteiger partial charge < -0.3 is 18.8 Å². The molecule has 1 aromatic heterocycles. The van der Waals surface area contributed by atoms with E-state index in [9.17, 15) is 0 Å². The lowest BCUT2D eigenvalue weighted by atomic mass is 9.96. The summed E-state index contributed by atoms with van der Waals surface area (Å²) in [6.07, 6.45) is 2.12. The molecule has 0 saturated carbocycles. The summed E-state index contributed by atoms with van der Waals surface area (Å²) in [6.45, 7) is 1.10. The molecule has 0 aliphatic carbocycles. The van der Waals surface area contributed by atoms with Crippen molar-refractivity contribution in [3.05, 3.63) is 77.6 Å². The van der Waals surface area contributed by atoms with Crippen LogP contribution in [0.15, 0.2) is 60.8 Å². The molecule has 2 unspecified atom stereocenters. The normalized spacial score (nSPS) is 20.7. The zero-order chi connectivity index (χ0) is 17.5. The average Bonchev–Trinajstić information content (AvgIpc) is 3.35. The van der Waals surface area contributed by atoms with Gasteiger partial charge in [-0.15, -0.1) is 0 Å². The van der Waals surface area contributed by atoms with E-state index in [4.69, 9.17) is 19.5 Å². The second-order valence-electron chi connectivity index (χ2n) is 6.51. The summed E-state index contributed by atoms with van der Waals surface area (Å²) in [5, 5.41) is 5.17. The third kappa shape index (κ3) is 2.44. The van der Waals surface area contributed by atoms with E-state index in [1.165, 1.54) is 5.69 Å². The zero-order valence-electron chi connectivity index (χ0n) is 14.5. The van der Waals surface area contributed by atoms with Gasteiger partial charge in [-0.3, -0.25) is 0 Å². The molecule has 2 aliphatic rings. The van der Waals surface area contributed by atoms with Crippen LogP contribution in [0.5, 0.6) is 17.2 Å². The van der Waals surface area contributed by atoms with Crippen molar-refractivity contribution < 1.29 is 14.2 Å².